The summed E-state index contributed by atoms with van der Waals surface area (Å²) in [7, 11) is 0. The van der Waals surface area contributed by atoms with E-state index < -0.39 is 35.0 Å². The van der Waals surface area contributed by atoms with Crippen molar-refractivity contribution in [3.63, 3.8) is 0 Å². The van der Waals surface area contributed by atoms with E-state index in [0.29, 0.717) is 0 Å². The van der Waals surface area contributed by atoms with Crippen LogP contribution < -0.4 is 11.4 Å². The van der Waals surface area contributed by atoms with Gasteiger partial charge >= 0.3 is 5.69 Å². The molecule has 0 amide bonds. The Morgan fingerprint density at radius 3 is 2.94 bits per heavy atom. The molecule has 1 fully saturated rings. The lowest BCUT2D eigenvalue weighted by Gasteiger charge is -2.47. The number of aromatic nitrogens is 2. The molecule has 1 aliphatic carbocycles. The molecular formula is C10H13F2N3O2. The Kier molecular flexibility index (Phi) is 2.65. The summed E-state index contributed by atoms with van der Waals surface area (Å²) in [6.07, 6.45) is 1.13. The van der Waals surface area contributed by atoms with Gasteiger partial charge in [-0.15, -0.1) is 0 Å². The molecule has 1 aromatic heterocycles. The summed E-state index contributed by atoms with van der Waals surface area (Å²) in [6.45, 7) is 0.978. The maximum atomic E-state index is 14.1. The number of halogens is 2. The smallest absolute Gasteiger partial charge is 0.350 e. The van der Waals surface area contributed by atoms with Crippen LogP contribution in [0.4, 0.5) is 14.6 Å². The van der Waals surface area contributed by atoms with Gasteiger partial charge in [-0.1, -0.05) is 0 Å². The first-order chi connectivity index (χ1) is 7.87. The van der Waals surface area contributed by atoms with Crippen LogP contribution in [-0.2, 0) is 0 Å². The number of anilines is 1. The molecule has 2 rings (SSSR count). The maximum Gasteiger partial charge on any atom is 0.350 e. The van der Waals surface area contributed by atoms with Crippen LogP contribution in [-0.4, -0.2) is 26.9 Å². The van der Waals surface area contributed by atoms with Crippen LogP contribution in [0, 0.1) is 11.7 Å². The topological polar surface area (TPSA) is 81.1 Å². The van der Waals surface area contributed by atoms with Crippen molar-refractivity contribution in [3.8, 4) is 0 Å². The third-order valence-corrected chi connectivity index (χ3v) is 3.45. The summed E-state index contributed by atoms with van der Waals surface area (Å²) in [6, 6.07) is -0.810. The van der Waals surface area contributed by atoms with Gasteiger partial charge in [0.1, 0.15) is 5.67 Å². The van der Waals surface area contributed by atoms with Crippen molar-refractivity contribution in [2.24, 2.45) is 5.92 Å². The second kappa shape index (κ2) is 3.76. The molecule has 1 heterocycles. The number of nitrogens with zero attached hydrogens (tertiary/aromatic N) is 2. The minimum atomic E-state index is -1.75. The van der Waals surface area contributed by atoms with Crippen molar-refractivity contribution in [1.82, 2.24) is 9.55 Å². The molecule has 0 aliphatic heterocycles. The average Bonchev–Trinajstić information content (AvgIpc) is 2.24. The van der Waals surface area contributed by atoms with E-state index in [2.05, 4.69) is 4.98 Å². The minimum Gasteiger partial charge on any atom is -0.396 e. The molecule has 1 saturated carbocycles. The van der Waals surface area contributed by atoms with Gasteiger partial charge in [-0.2, -0.15) is 4.98 Å². The zero-order chi connectivity index (χ0) is 12.8. The zero-order valence-corrected chi connectivity index (χ0v) is 9.23. The minimum absolute atomic E-state index is 0.272. The second-order valence-corrected chi connectivity index (χ2v) is 4.45. The summed E-state index contributed by atoms with van der Waals surface area (Å²) < 4.78 is 28.2. The van der Waals surface area contributed by atoms with Crippen molar-refractivity contribution in [1.29, 1.82) is 0 Å². The predicted octanol–water partition coefficient (Wildman–Crippen LogP) is 0.246. The number of aliphatic hydroxyl groups excluding tert-OH is 1. The molecular weight excluding hydrogens is 232 g/mol. The van der Waals surface area contributed by atoms with Crippen LogP contribution in [0.2, 0.25) is 0 Å². The van der Waals surface area contributed by atoms with Crippen LogP contribution in [0.5, 0.6) is 0 Å². The van der Waals surface area contributed by atoms with Gasteiger partial charge in [0.25, 0.3) is 0 Å². The molecule has 7 heteroatoms. The Bertz CT molecular complexity index is 501. The molecule has 1 aliphatic rings. The number of aliphatic hydroxyl groups is 1. The number of hydrogen-bond donors (Lipinski definition) is 2. The van der Waals surface area contributed by atoms with Crippen molar-refractivity contribution >= 4 is 5.82 Å². The highest BCUT2D eigenvalue weighted by Gasteiger charge is 2.53. The molecule has 3 atom stereocenters. The lowest BCUT2D eigenvalue weighted by Crippen LogP contribution is -2.54. The Labute approximate surface area is 95.9 Å². The molecule has 0 bridgehead atoms. The Hall–Kier alpha value is -1.50. The molecule has 0 radical (unpaired) electrons. The first-order valence-electron chi connectivity index (χ1n) is 5.21. The fourth-order valence-corrected chi connectivity index (χ4v) is 2.16. The van der Waals surface area contributed by atoms with E-state index in [9.17, 15) is 13.6 Å². The SMILES string of the molecule is C[C@]1(F)[C@@H](CO)C[C@H]1n1cc(F)c(N)nc1=O. The number of nitrogens with two attached hydrogens (primary N) is 1. The molecule has 17 heavy (non-hydrogen) atoms. The van der Waals surface area contributed by atoms with Crippen LogP contribution in [0.1, 0.15) is 19.4 Å². The fourth-order valence-electron chi connectivity index (χ4n) is 2.16. The highest BCUT2D eigenvalue weighted by molar-refractivity contribution is 5.27. The van der Waals surface area contributed by atoms with Gasteiger partial charge in [-0.3, -0.25) is 4.57 Å². The first kappa shape index (κ1) is 12.0. The molecule has 0 aromatic carbocycles. The molecule has 1 aromatic rings. The van der Waals surface area contributed by atoms with Gasteiger partial charge in [0.2, 0.25) is 0 Å². The van der Waals surface area contributed by atoms with Crippen molar-refractivity contribution in [3.05, 3.63) is 22.5 Å². The van der Waals surface area contributed by atoms with Crippen LogP contribution in [0.25, 0.3) is 0 Å². The van der Waals surface area contributed by atoms with Crippen molar-refractivity contribution in [2.75, 3.05) is 12.3 Å². The normalized spacial score (nSPS) is 32.2. The highest BCUT2D eigenvalue weighted by Crippen LogP contribution is 2.49. The summed E-state index contributed by atoms with van der Waals surface area (Å²) >= 11 is 0. The third-order valence-electron chi connectivity index (χ3n) is 3.45. The predicted molar refractivity (Wildman–Crippen MR) is 56.6 cm³/mol. The average molecular weight is 245 g/mol. The molecule has 0 unspecified atom stereocenters. The summed E-state index contributed by atoms with van der Waals surface area (Å²) in [4.78, 5) is 14.8. The van der Waals surface area contributed by atoms with Crippen molar-refractivity contribution in [2.45, 2.75) is 25.1 Å². The Balaban J connectivity index is 2.38. The van der Waals surface area contributed by atoms with E-state index in [1.165, 1.54) is 6.92 Å². The molecule has 0 saturated heterocycles. The van der Waals surface area contributed by atoms with E-state index in [-0.39, 0.29) is 13.0 Å². The summed E-state index contributed by atoms with van der Waals surface area (Å²) in [5, 5.41) is 8.92. The molecule has 0 spiro atoms. The monoisotopic (exact) mass is 245 g/mol. The van der Waals surface area contributed by atoms with Gasteiger partial charge in [0.15, 0.2) is 11.6 Å². The molecule has 94 valence electrons. The maximum absolute atomic E-state index is 14.1. The number of hydrogen-bond acceptors (Lipinski definition) is 4. The highest BCUT2D eigenvalue weighted by atomic mass is 19.1. The van der Waals surface area contributed by atoms with E-state index >= 15 is 0 Å². The van der Waals surface area contributed by atoms with Crippen LogP contribution >= 0.6 is 0 Å². The number of alkyl halides is 1. The Morgan fingerprint density at radius 1 is 1.76 bits per heavy atom. The standard InChI is InChI=1S/C10H13F2N3O2/c1-10(12)5(4-16)2-7(10)15-3-6(11)8(13)14-9(15)17/h3,5,7,16H,2,4H2,1H3,(H2,13,14,17)/t5-,7-,10+/m1/s1. The number of nitrogen functional groups attached to an aromatic ring is 1. The lowest BCUT2D eigenvalue weighted by atomic mass is 9.68. The van der Waals surface area contributed by atoms with Crippen molar-refractivity contribution < 1.29 is 13.9 Å². The fraction of sp³-hybridized carbons (Fsp3) is 0.600. The quantitative estimate of drug-likeness (QED) is 0.782. The van der Waals surface area contributed by atoms with E-state index in [1.807, 2.05) is 0 Å². The van der Waals surface area contributed by atoms with E-state index in [1.54, 1.807) is 0 Å². The molecule has 3 N–H and O–H groups in total. The van der Waals surface area contributed by atoms with Gasteiger partial charge in [0, 0.05) is 18.7 Å². The van der Waals surface area contributed by atoms with Gasteiger partial charge < -0.3 is 10.8 Å². The lowest BCUT2D eigenvalue weighted by molar-refractivity contribution is -0.0841. The zero-order valence-electron chi connectivity index (χ0n) is 9.23. The molecule has 5 nitrogen and oxygen atoms in total. The van der Waals surface area contributed by atoms with Crippen LogP contribution in [0.15, 0.2) is 11.0 Å². The summed E-state index contributed by atoms with van der Waals surface area (Å²) in [5.74, 6) is -1.89. The largest absolute Gasteiger partial charge is 0.396 e. The third kappa shape index (κ3) is 1.70. The summed E-state index contributed by atoms with van der Waals surface area (Å²) in [5.41, 5.74) is 2.61. The first-order valence-corrected chi connectivity index (χ1v) is 5.21. The van der Waals surface area contributed by atoms with Gasteiger partial charge in [-0.25, -0.2) is 13.6 Å². The van der Waals surface area contributed by atoms with Crippen LogP contribution in [0.3, 0.4) is 0 Å². The second-order valence-electron chi connectivity index (χ2n) is 4.45. The van der Waals surface area contributed by atoms with Gasteiger partial charge in [-0.05, 0) is 13.3 Å². The van der Waals surface area contributed by atoms with E-state index in [4.69, 9.17) is 10.8 Å². The van der Waals surface area contributed by atoms with E-state index in [0.717, 1.165) is 10.8 Å². The Morgan fingerprint density at radius 2 is 2.41 bits per heavy atom. The number of rotatable bonds is 2. The van der Waals surface area contributed by atoms with Gasteiger partial charge in [0.05, 0.1) is 6.04 Å².